The summed E-state index contributed by atoms with van der Waals surface area (Å²) in [5.74, 6) is 1.34. The Morgan fingerprint density at radius 1 is 1.48 bits per heavy atom. The standard InChI is InChI=1S/C16H26N4O/c1-3-16(6-8-17-9-7-16)15(21)20(13-4-5-13)12-14-18-10-11-19(14)2/h10-11,13,17H,3-9,12H2,1-2H3. The van der Waals surface area contributed by atoms with Crippen LogP contribution < -0.4 is 5.32 Å². The fourth-order valence-corrected chi connectivity index (χ4v) is 3.38. The molecule has 5 heteroatoms. The molecule has 2 heterocycles. The second-order valence-corrected chi connectivity index (χ2v) is 6.50. The predicted octanol–water partition coefficient (Wildman–Crippen LogP) is 1.69. The molecule has 0 atom stereocenters. The smallest absolute Gasteiger partial charge is 0.229 e. The van der Waals surface area contributed by atoms with Gasteiger partial charge >= 0.3 is 0 Å². The van der Waals surface area contributed by atoms with Crippen molar-refractivity contribution in [1.82, 2.24) is 19.8 Å². The third-order valence-electron chi connectivity index (χ3n) is 5.17. The number of rotatable bonds is 5. The van der Waals surface area contributed by atoms with Crippen molar-refractivity contribution < 1.29 is 4.79 Å². The predicted molar refractivity (Wildman–Crippen MR) is 81.6 cm³/mol. The number of piperidine rings is 1. The van der Waals surface area contributed by atoms with Crippen LogP contribution in [0.5, 0.6) is 0 Å². The van der Waals surface area contributed by atoms with Gasteiger partial charge in [-0.05, 0) is 45.2 Å². The average molecular weight is 290 g/mol. The maximum atomic E-state index is 13.2. The van der Waals surface area contributed by atoms with E-state index >= 15 is 0 Å². The number of nitrogens with zero attached hydrogens (tertiary/aromatic N) is 3. The monoisotopic (exact) mass is 290 g/mol. The normalized spacial score (nSPS) is 21.2. The molecule has 1 aromatic heterocycles. The van der Waals surface area contributed by atoms with Crippen LogP contribution in [-0.2, 0) is 18.4 Å². The summed E-state index contributed by atoms with van der Waals surface area (Å²) in [7, 11) is 2.00. The minimum atomic E-state index is -0.154. The Hall–Kier alpha value is -1.36. The van der Waals surface area contributed by atoms with Gasteiger partial charge in [-0.3, -0.25) is 4.79 Å². The molecule has 3 rings (SSSR count). The molecule has 21 heavy (non-hydrogen) atoms. The molecule has 0 bridgehead atoms. The van der Waals surface area contributed by atoms with Crippen molar-refractivity contribution in [3.8, 4) is 0 Å². The Kier molecular flexibility index (Phi) is 4.02. The lowest BCUT2D eigenvalue weighted by Crippen LogP contribution is -2.49. The van der Waals surface area contributed by atoms with Gasteiger partial charge in [0.15, 0.2) is 0 Å². The van der Waals surface area contributed by atoms with Crippen molar-refractivity contribution in [2.45, 2.75) is 51.6 Å². The van der Waals surface area contributed by atoms with E-state index in [0.29, 0.717) is 18.5 Å². The Morgan fingerprint density at radius 2 is 2.19 bits per heavy atom. The number of imidazole rings is 1. The summed E-state index contributed by atoms with van der Waals surface area (Å²) < 4.78 is 2.02. The van der Waals surface area contributed by atoms with Crippen LogP contribution in [0.2, 0.25) is 0 Å². The lowest BCUT2D eigenvalue weighted by Gasteiger charge is -2.39. The average Bonchev–Trinajstić information content (AvgIpc) is 3.28. The first-order chi connectivity index (χ1) is 10.2. The van der Waals surface area contributed by atoms with Gasteiger partial charge in [-0.15, -0.1) is 0 Å². The van der Waals surface area contributed by atoms with Crippen LogP contribution in [0.1, 0.15) is 44.9 Å². The van der Waals surface area contributed by atoms with E-state index in [9.17, 15) is 4.79 Å². The Bertz CT molecular complexity index is 500. The van der Waals surface area contributed by atoms with Gasteiger partial charge in [-0.25, -0.2) is 4.98 Å². The fraction of sp³-hybridized carbons (Fsp3) is 0.750. The second-order valence-electron chi connectivity index (χ2n) is 6.50. The third kappa shape index (κ3) is 2.84. The molecule has 0 aromatic carbocycles. The maximum Gasteiger partial charge on any atom is 0.229 e. The zero-order valence-electron chi connectivity index (χ0n) is 13.1. The molecule has 2 fully saturated rings. The highest BCUT2D eigenvalue weighted by molar-refractivity contribution is 5.83. The van der Waals surface area contributed by atoms with E-state index in [1.807, 2.05) is 24.0 Å². The highest BCUT2D eigenvalue weighted by Crippen LogP contribution is 2.39. The van der Waals surface area contributed by atoms with Crippen molar-refractivity contribution in [3.05, 3.63) is 18.2 Å². The summed E-state index contributed by atoms with van der Waals surface area (Å²) in [6.45, 7) is 4.73. The molecule has 2 aliphatic rings. The van der Waals surface area contributed by atoms with Crippen LogP contribution in [-0.4, -0.2) is 39.5 Å². The van der Waals surface area contributed by atoms with Gasteiger partial charge in [-0.2, -0.15) is 0 Å². The third-order valence-corrected chi connectivity index (χ3v) is 5.17. The number of hydrogen-bond acceptors (Lipinski definition) is 3. The number of amides is 1. The highest BCUT2D eigenvalue weighted by Gasteiger charge is 2.44. The molecule has 1 saturated heterocycles. The van der Waals surface area contributed by atoms with E-state index in [0.717, 1.165) is 51.0 Å². The van der Waals surface area contributed by atoms with E-state index in [-0.39, 0.29) is 5.41 Å². The van der Waals surface area contributed by atoms with Gasteiger partial charge in [0.05, 0.1) is 12.0 Å². The van der Waals surface area contributed by atoms with Crippen molar-refractivity contribution >= 4 is 5.91 Å². The van der Waals surface area contributed by atoms with Gasteiger partial charge < -0.3 is 14.8 Å². The van der Waals surface area contributed by atoms with E-state index in [1.165, 1.54) is 0 Å². The van der Waals surface area contributed by atoms with Crippen LogP contribution in [0, 0.1) is 5.41 Å². The molecule has 116 valence electrons. The topological polar surface area (TPSA) is 50.2 Å². The molecule has 1 N–H and O–H groups in total. The largest absolute Gasteiger partial charge is 0.337 e. The van der Waals surface area contributed by atoms with Gasteiger partial charge in [0.1, 0.15) is 5.82 Å². The van der Waals surface area contributed by atoms with E-state index in [1.54, 1.807) is 0 Å². The lowest BCUT2D eigenvalue weighted by atomic mass is 9.75. The Labute approximate surface area is 126 Å². The van der Waals surface area contributed by atoms with E-state index < -0.39 is 0 Å². The number of aromatic nitrogens is 2. The summed E-state index contributed by atoms with van der Waals surface area (Å²) in [6, 6.07) is 0.438. The number of aryl methyl sites for hydroxylation is 1. The highest BCUT2D eigenvalue weighted by atomic mass is 16.2. The minimum Gasteiger partial charge on any atom is -0.337 e. The first-order valence-corrected chi connectivity index (χ1v) is 8.14. The number of nitrogens with one attached hydrogen (secondary N) is 1. The quantitative estimate of drug-likeness (QED) is 0.898. The summed E-state index contributed by atoms with van der Waals surface area (Å²) in [6.07, 6.45) is 8.92. The summed E-state index contributed by atoms with van der Waals surface area (Å²) >= 11 is 0. The van der Waals surface area contributed by atoms with E-state index in [2.05, 4.69) is 22.1 Å². The molecule has 0 spiro atoms. The van der Waals surface area contributed by atoms with Gasteiger partial charge in [0.2, 0.25) is 5.91 Å². The second kappa shape index (κ2) is 5.79. The maximum absolute atomic E-state index is 13.2. The summed E-state index contributed by atoms with van der Waals surface area (Å²) in [5.41, 5.74) is -0.154. The summed E-state index contributed by atoms with van der Waals surface area (Å²) in [5, 5.41) is 3.38. The van der Waals surface area contributed by atoms with Crippen LogP contribution in [0.25, 0.3) is 0 Å². The molecule has 0 unspecified atom stereocenters. The molecular formula is C16H26N4O. The molecule has 0 radical (unpaired) electrons. The van der Waals surface area contributed by atoms with Crippen molar-refractivity contribution in [3.63, 3.8) is 0 Å². The van der Waals surface area contributed by atoms with Crippen molar-refractivity contribution in [2.24, 2.45) is 12.5 Å². The van der Waals surface area contributed by atoms with Crippen LogP contribution >= 0.6 is 0 Å². The lowest BCUT2D eigenvalue weighted by molar-refractivity contribution is -0.145. The van der Waals surface area contributed by atoms with Crippen LogP contribution in [0.3, 0.4) is 0 Å². The van der Waals surface area contributed by atoms with Crippen molar-refractivity contribution in [1.29, 1.82) is 0 Å². The fourth-order valence-electron chi connectivity index (χ4n) is 3.38. The van der Waals surface area contributed by atoms with Gasteiger partial charge in [-0.1, -0.05) is 6.92 Å². The first kappa shape index (κ1) is 14.6. The zero-order chi connectivity index (χ0) is 14.9. The SMILES string of the molecule is CCC1(C(=O)N(Cc2nccn2C)C2CC2)CCNCC1. The minimum absolute atomic E-state index is 0.154. The van der Waals surface area contributed by atoms with Gasteiger partial charge in [0, 0.05) is 25.5 Å². The first-order valence-electron chi connectivity index (χ1n) is 8.14. The number of hydrogen-bond donors (Lipinski definition) is 1. The number of carbonyl (C=O) groups excluding carboxylic acids is 1. The molecule has 1 aliphatic heterocycles. The zero-order valence-corrected chi connectivity index (χ0v) is 13.1. The molecule has 5 nitrogen and oxygen atoms in total. The van der Waals surface area contributed by atoms with E-state index in [4.69, 9.17) is 0 Å². The van der Waals surface area contributed by atoms with Gasteiger partial charge in [0.25, 0.3) is 0 Å². The van der Waals surface area contributed by atoms with Crippen LogP contribution in [0.4, 0.5) is 0 Å². The molecule has 1 amide bonds. The molecule has 1 aromatic rings. The molecule has 1 aliphatic carbocycles. The number of carbonyl (C=O) groups is 1. The van der Waals surface area contributed by atoms with Crippen LogP contribution in [0.15, 0.2) is 12.4 Å². The molecular weight excluding hydrogens is 264 g/mol. The summed E-state index contributed by atoms with van der Waals surface area (Å²) in [4.78, 5) is 19.7. The Balaban J connectivity index is 1.79. The molecule has 1 saturated carbocycles. The Morgan fingerprint density at radius 3 is 2.71 bits per heavy atom. The van der Waals surface area contributed by atoms with Crippen molar-refractivity contribution in [2.75, 3.05) is 13.1 Å².